The Labute approximate surface area is 120 Å². The number of nitriles is 1. The van der Waals surface area contributed by atoms with Crippen LogP contribution in [0.25, 0.3) is 0 Å². The van der Waals surface area contributed by atoms with Crippen molar-refractivity contribution in [3.05, 3.63) is 64.7 Å². The van der Waals surface area contributed by atoms with Gasteiger partial charge in [-0.1, -0.05) is 18.2 Å². The fourth-order valence-electron chi connectivity index (χ4n) is 1.78. The molecule has 0 fully saturated rings. The van der Waals surface area contributed by atoms with E-state index in [1.165, 1.54) is 12.1 Å². The lowest BCUT2D eigenvalue weighted by Gasteiger charge is -2.11. The number of hydrogen-bond acceptors (Lipinski definition) is 2. The predicted octanol–water partition coefficient (Wildman–Crippen LogP) is 4.46. The zero-order valence-corrected chi connectivity index (χ0v) is 11.2. The van der Waals surface area contributed by atoms with Crippen molar-refractivity contribution in [1.29, 1.82) is 5.26 Å². The monoisotopic (exact) mass is 291 g/mol. The van der Waals surface area contributed by atoms with Crippen molar-refractivity contribution in [2.75, 3.05) is 0 Å². The minimum absolute atomic E-state index is 0.147. The van der Waals surface area contributed by atoms with Crippen LogP contribution in [-0.4, -0.2) is 0 Å². The lowest BCUT2D eigenvalue weighted by atomic mass is 10.1. The van der Waals surface area contributed by atoms with Gasteiger partial charge in [-0.25, -0.2) is 0 Å². The molecule has 0 amide bonds. The minimum Gasteiger partial charge on any atom is -0.489 e. The van der Waals surface area contributed by atoms with Crippen molar-refractivity contribution in [2.45, 2.75) is 19.7 Å². The molecule has 5 heteroatoms. The molecule has 0 radical (unpaired) electrons. The van der Waals surface area contributed by atoms with Crippen LogP contribution in [-0.2, 0) is 12.8 Å². The highest BCUT2D eigenvalue weighted by Crippen LogP contribution is 2.29. The number of benzene rings is 2. The number of halogens is 3. The summed E-state index contributed by atoms with van der Waals surface area (Å²) in [5, 5.41) is 8.83. The molecular formula is C16H12F3NO. The number of hydrogen-bond donors (Lipinski definition) is 0. The van der Waals surface area contributed by atoms with Crippen LogP contribution in [0.4, 0.5) is 13.2 Å². The minimum atomic E-state index is -4.34. The summed E-state index contributed by atoms with van der Waals surface area (Å²) >= 11 is 0. The van der Waals surface area contributed by atoms with Crippen molar-refractivity contribution in [1.82, 2.24) is 0 Å². The molecule has 0 atom stereocenters. The van der Waals surface area contributed by atoms with Crippen LogP contribution in [0.2, 0.25) is 0 Å². The second kappa shape index (κ2) is 5.88. The Balaban J connectivity index is 2.08. The molecule has 2 nitrogen and oxygen atoms in total. The smallest absolute Gasteiger partial charge is 0.416 e. The van der Waals surface area contributed by atoms with E-state index in [0.717, 1.165) is 17.7 Å². The van der Waals surface area contributed by atoms with E-state index in [4.69, 9.17) is 10.00 Å². The Morgan fingerprint density at radius 2 is 1.76 bits per heavy atom. The molecule has 2 rings (SSSR count). The molecular weight excluding hydrogens is 279 g/mol. The van der Waals surface area contributed by atoms with Gasteiger partial charge in [0.2, 0.25) is 0 Å². The molecule has 0 saturated heterocycles. The first kappa shape index (κ1) is 14.9. The van der Waals surface area contributed by atoms with Crippen LogP contribution < -0.4 is 4.74 Å². The number of alkyl halides is 3. The van der Waals surface area contributed by atoms with E-state index in [0.29, 0.717) is 16.9 Å². The Morgan fingerprint density at radius 1 is 1.10 bits per heavy atom. The van der Waals surface area contributed by atoms with Crippen molar-refractivity contribution in [3.63, 3.8) is 0 Å². The quantitative estimate of drug-likeness (QED) is 0.836. The average Bonchev–Trinajstić information content (AvgIpc) is 2.46. The first-order valence-electron chi connectivity index (χ1n) is 6.20. The van der Waals surface area contributed by atoms with E-state index in [9.17, 15) is 13.2 Å². The van der Waals surface area contributed by atoms with Crippen LogP contribution in [0, 0.1) is 18.3 Å². The maximum absolute atomic E-state index is 12.4. The predicted molar refractivity (Wildman–Crippen MR) is 71.7 cm³/mol. The maximum atomic E-state index is 12.4. The Morgan fingerprint density at radius 3 is 2.33 bits per heavy atom. The van der Waals surface area contributed by atoms with Gasteiger partial charge in [0.1, 0.15) is 12.4 Å². The highest BCUT2D eigenvalue weighted by molar-refractivity contribution is 5.41. The summed E-state index contributed by atoms with van der Waals surface area (Å²) in [6, 6.07) is 11.9. The van der Waals surface area contributed by atoms with Gasteiger partial charge < -0.3 is 4.74 Å². The SMILES string of the molecule is Cc1ccc(C#N)cc1OCc1ccc(C(F)(F)F)cc1. The molecule has 0 unspecified atom stereocenters. The Kier molecular flexibility index (Phi) is 4.18. The summed E-state index contributed by atoms with van der Waals surface area (Å²) in [6.45, 7) is 1.98. The van der Waals surface area contributed by atoms with Crippen LogP contribution >= 0.6 is 0 Å². The van der Waals surface area contributed by atoms with Crippen LogP contribution in [0.1, 0.15) is 22.3 Å². The summed E-state index contributed by atoms with van der Waals surface area (Å²) in [5.74, 6) is 0.550. The molecule has 0 heterocycles. The molecule has 108 valence electrons. The second-order valence-electron chi connectivity index (χ2n) is 4.58. The highest BCUT2D eigenvalue weighted by atomic mass is 19.4. The van der Waals surface area contributed by atoms with Crippen LogP contribution in [0.3, 0.4) is 0 Å². The van der Waals surface area contributed by atoms with Gasteiger partial charge in [-0.3, -0.25) is 0 Å². The third-order valence-corrected chi connectivity index (χ3v) is 2.99. The Hall–Kier alpha value is -2.48. The van der Waals surface area contributed by atoms with Gasteiger partial charge in [0, 0.05) is 0 Å². The molecule has 0 bridgehead atoms. The number of aryl methyl sites for hydroxylation is 1. The zero-order chi connectivity index (χ0) is 15.5. The van der Waals surface area contributed by atoms with E-state index < -0.39 is 11.7 Å². The van der Waals surface area contributed by atoms with Crippen LogP contribution in [0.5, 0.6) is 5.75 Å². The zero-order valence-electron chi connectivity index (χ0n) is 11.2. The topological polar surface area (TPSA) is 33.0 Å². The van der Waals surface area contributed by atoms with Gasteiger partial charge in [0.25, 0.3) is 0 Å². The van der Waals surface area contributed by atoms with Gasteiger partial charge in [-0.05, 0) is 42.3 Å². The van der Waals surface area contributed by atoms with Gasteiger partial charge in [-0.15, -0.1) is 0 Å². The number of nitrogens with zero attached hydrogens (tertiary/aromatic N) is 1. The molecule has 0 N–H and O–H groups in total. The molecule has 0 aliphatic heterocycles. The lowest BCUT2D eigenvalue weighted by Crippen LogP contribution is -2.05. The normalized spacial score (nSPS) is 11.0. The summed E-state index contributed by atoms with van der Waals surface area (Å²) in [7, 11) is 0. The standard InChI is InChI=1S/C16H12F3NO/c1-11-2-3-13(9-20)8-15(11)21-10-12-4-6-14(7-5-12)16(17,18)19/h2-8H,10H2,1H3. The van der Waals surface area contributed by atoms with Gasteiger partial charge in [0.05, 0.1) is 17.2 Å². The van der Waals surface area contributed by atoms with Crippen molar-refractivity contribution in [2.24, 2.45) is 0 Å². The van der Waals surface area contributed by atoms with Crippen molar-refractivity contribution in [3.8, 4) is 11.8 Å². The first-order chi connectivity index (χ1) is 9.90. The largest absolute Gasteiger partial charge is 0.489 e. The molecule has 0 spiro atoms. The van der Waals surface area contributed by atoms with E-state index in [1.54, 1.807) is 18.2 Å². The molecule has 21 heavy (non-hydrogen) atoms. The third-order valence-electron chi connectivity index (χ3n) is 2.99. The molecule has 2 aromatic rings. The molecule has 0 aliphatic carbocycles. The maximum Gasteiger partial charge on any atom is 0.416 e. The second-order valence-corrected chi connectivity index (χ2v) is 4.58. The molecule has 0 saturated carbocycles. The van der Waals surface area contributed by atoms with Gasteiger partial charge in [0.15, 0.2) is 0 Å². The van der Waals surface area contributed by atoms with E-state index >= 15 is 0 Å². The summed E-state index contributed by atoms with van der Waals surface area (Å²) in [5.41, 5.74) is 1.28. The molecule has 2 aromatic carbocycles. The first-order valence-corrected chi connectivity index (χ1v) is 6.20. The van der Waals surface area contributed by atoms with E-state index in [2.05, 4.69) is 0 Å². The lowest BCUT2D eigenvalue weighted by molar-refractivity contribution is -0.137. The third kappa shape index (κ3) is 3.76. The van der Waals surface area contributed by atoms with Crippen molar-refractivity contribution < 1.29 is 17.9 Å². The van der Waals surface area contributed by atoms with E-state index in [-0.39, 0.29) is 6.61 Å². The summed E-state index contributed by atoms with van der Waals surface area (Å²) < 4.78 is 42.9. The fourth-order valence-corrected chi connectivity index (χ4v) is 1.78. The highest BCUT2D eigenvalue weighted by Gasteiger charge is 2.29. The summed E-state index contributed by atoms with van der Waals surface area (Å²) in [4.78, 5) is 0. The average molecular weight is 291 g/mol. The Bertz CT molecular complexity index is 669. The van der Waals surface area contributed by atoms with Gasteiger partial charge >= 0.3 is 6.18 Å². The van der Waals surface area contributed by atoms with Crippen LogP contribution in [0.15, 0.2) is 42.5 Å². The number of ether oxygens (including phenoxy) is 1. The fraction of sp³-hybridized carbons (Fsp3) is 0.188. The molecule has 0 aromatic heterocycles. The van der Waals surface area contributed by atoms with Crippen molar-refractivity contribution >= 4 is 0 Å². The summed E-state index contributed by atoms with van der Waals surface area (Å²) in [6.07, 6.45) is -4.34. The number of rotatable bonds is 3. The van der Waals surface area contributed by atoms with Gasteiger partial charge in [-0.2, -0.15) is 18.4 Å². The van der Waals surface area contributed by atoms with E-state index in [1.807, 2.05) is 13.0 Å². The molecule has 0 aliphatic rings.